The first-order chi connectivity index (χ1) is 15.4. The highest BCUT2D eigenvalue weighted by molar-refractivity contribution is 6.34. The van der Waals surface area contributed by atoms with Crippen LogP contribution in [0.5, 0.6) is 11.5 Å². The number of rotatable bonds is 6. The van der Waals surface area contributed by atoms with Gasteiger partial charge in [0.05, 0.1) is 29.7 Å². The molecule has 0 radical (unpaired) electrons. The lowest BCUT2D eigenvalue weighted by molar-refractivity contribution is -0.384. The summed E-state index contributed by atoms with van der Waals surface area (Å²) >= 11 is 6.04. The van der Waals surface area contributed by atoms with Gasteiger partial charge in [-0.05, 0) is 42.5 Å². The summed E-state index contributed by atoms with van der Waals surface area (Å²) in [6.45, 7) is 0. The molecular weight excluding hydrogens is 438 g/mol. The van der Waals surface area contributed by atoms with Gasteiger partial charge < -0.3 is 19.2 Å². The third-order valence-corrected chi connectivity index (χ3v) is 5.01. The molecule has 9 nitrogen and oxygen atoms in total. The van der Waals surface area contributed by atoms with E-state index in [0.29, 0.717) is 39.7 Å². The number of benzene rings is 3. The van der Waals surface area contributed by atoms with Gasteiger partial charge in [-0.3, -0.25) is 14.9 Å². The summed E-state index contributed by atoms with van der Waals surface area (Å²) in [5.41, 5.74) is 1.90. The van der Waals surface area contributed by atoms with Crippen molar-refractivity contribution in [3.05, 3.63) is 75.3 Å². The Balaban J connectivity index is 1.62. The first kappa shape index (κ1) is 21.1. The van der Waals surface area contributed by atoms with E-state index in [1.807, 2.05) is 0 Å². The van der Waals surface area contributed by atoms with Crippen molar-refractivity contribution in [1.29, 1.82) is 0 Å². The number of amides is 1. The molecule has 0 aliphatic rings. The number of carbonyl (C=O) groups excluding carboxylic acids is 1. The third-order valence-electron chi connectivity index (χ3n) is 4.68. The first-order valence-corrected chi connectivity index (χ1v) is 9.65. The molecule has 1 N–H and O–H groups in total. The second kappa shape index (κ2) is 8.56. The number of nitro benzene ring substituents is 1. The summed E-state index contributed by atoms with van der Waals surface area (Å²) in [4.78, 5) is 27.5. The largest absolute Gasteiger partial charge is 0.493 e. The van der Waals surface area contributed by atoms with Gasteiger partial charge in [-0.1, -0.05) is 11.6 Å². The number of halogens is 1. The maximum absolute atomic E-state index is 12.6. The number of hydrogen-bond acceptors (Lipinski definition) is 7. The van der Waals surface area contributed by atoms with E-state index in [-0.39, 0.29) is 16.3 Å². The number of carbonyl (C=O) groups is 1. The second-order valence-electron chi connectivity index (χ2n) is 6.65. The molecule has 1 aromatic heterocycles. The highest BCUT2D eigenvalue weighted by atomic mass is 35.5. The molecule has 0 fully saturated rings. The molecular formula is C22H16ClN3O6. The lowest BCUT2D eigenvalue weighted by atomic mass is 10.1. The number of aromatic nitrogens is 1. The zero-order valence-electron chi connectivity index (χ0n) is 16.9. The minimum Gasteiger partial charge on any atom is -0.493 e. The van der Waals surface area contributed by atoms with E-state index in [4.69, 9.17) is 25.5 Å². The number of non-ortho nitro benzene ring substituents is 1. The van der Waals surface area contributed by atoms with Crippen LogP contribution in [0.15, 0.2) is 59.0 Å². The van der Waals surface area contributed by atoms with Crippen LogP contribution in [0.4, 0.5) is 11.4 Å². The Labute approximate surface area is 186 Å². The molecule has 3 aromatic carbocycles. The fourth-order valence-corrected chi connectivity index (χ4v) is 3.30. The van der Waals surface area contributed by atoms with Gasteiger partial charge in [0.25, 0.3) is 11.6 Å². The number of hydrogen-bond donors (Lipinski definition) is 1. The van der Waals surface area contributed by atoms with E-state index in [0.717, 1.165) is 6.07 Å². The van der Waals surface area contributed by atoms with Crippen molar-refractivity contribution in [1.82, 2.24) is 4.98 Å². The van der Waals surface area contributed by atoms with E-state index in [2.05, 4.69) is 10.3 Å². The third kappa shape index (κ3) is 4.06. The van der Waals surface area contributed by atoms with Gasteiger partial charge in [0.2, 0.25) is 5.89 Å². The van der Waals surface area contributed by atoms with Gasteiger partial charge in [-0.15, -0.1) is 0 Å². The average Bonchev–Trinajstić information content (AvgIpc) is 3.22. The zero-order valence-corrected chi connectivity index (χ0v) is 17.7. The fraction of sp³-hybridized carbons (Fsp3) is 0.0909. The maximum atomic E-state index is 12.6. The highest BCUT2D eigenvalue weighted by Crippen LogP contribution is 2.33. The number of methoxy groups -OCH3 is 2. The summed E-state index contributed by atoms with van der Waals surface area (Å²) in [7, 11) is 3.09. The van der Waals surface area contributed by atoms with Crippen LogP contribution in [0.1, 0.15) is 10.4 Å². The van der Waals surface area contributed by atoms with Crippen molar-refractivity contribution in [2.75, 3.05) is 19.5 Å². The number of anilines is 1. The average molecular weight is 454 g/mol. The molecule has 0 unspecified atom stereocenters. The molecule has 0 aliphatic carbocycles. The predicted molar refractivity (Wildman–Crippen MR) is 119 cm³/mol. The second-order valence-corrected chi connectivity index (χ2v) is 7.05. The van der Waals surface area contributed by atoms with Gasteiger partial charge in [-0.2, -0.15) is 0 Å². The zero-order chi connectivity index (χ0) is 22.8. The Morgan fingerprint density at radius 3 is 2.56 bits per heavy atom. The van der Waals surface area contributed by atoms with E-state index in [9.17, 15) is 14.9 Å². The molecule has 0 saturated carbocycles. The molecule has 0 bridgehead atoms. The van der Waals surface area contributed by atoms with Crippen LogP contribution in [-0.2, 0) is 0 Å². The van der Waals surface area contributed by atoms with Crippen LogP contribution in [0.25, 0.3) is 22.6 Å². The minimum atomic E-state index is -0.593. The summed E-state index contributed by atoms with van der Waals surface area (Å²) < 4.78 is 16.4. The Kier molecular flexibility index (Phi) is 5.65. The SMILES string of the molecule is COc1ccc(-c2nc3cc(NC(=O)c4cc([N+](=O)[O-])ccc4Cl)ccc3o2)cc1OC. The van der Waals surface area contributed by atoms with E-state index < -0.39 is 10.8 Å². The maximum Gasteiger partial charge on any atom is 0.270 e. The van der Waals surface area contributed by atoms with Gasteiger partial charge in [0.15, 0.2) is 17.1 Å². The number of nitro groups is 1. The smallest absolute Gasteiger partial charge is 0.270 e. The molecule has 162 valence electrons. The quantitative estimate of drug-likeness (QED) is 0.310. The van der Waals surface area contributed by atoms with E-state index in [1.165, 1.54) is 19.2 Å². The molecule has 0 aliphatic heterocycles. The Bertz CT molecular complexity index is 1350. The molecule has 10 heteroatoms. The summed E-state index contributed by atoms with van der Waals surface area (Å²) in [5, 5.41) is 13.8. The highest BCUT2D eigenvalue weighted by Gasteiger charge is 2.17. The molecule has 0 atom stereocenters. The monoisotopic (exact) mass is 453 g/mol. The fourth-order valence-electron chi connectivity index (χ4n) is 3.10. The van der Waals surface area contributed by atoms with Gasteiger partial charge in [-0.25, -0.2) is 4.98 Å². The molecule has 32 heavy (non-hydrogen) atoms. The predicted octanol–water partition coefficient (Wildman–Crippen LogP) is 5.33. The number of oxazole rings is 1. The van der Waals surface area contributed by atoms with E-state index in [1.54, 1.807) is 43.5 Å². The van der Waals surface area contributed by atoms with Crippen LogP contribution in [-0.4, -0.2) is 30.0 Å². The first-order valence-electron chi connectivity index (χ1n) is 9.28. The Morgan fingerprint density at radius 2 is 1.84 bits per heavy atom. The number of fused-ring (bicyclic) bond motifs is 1. The summed E-state index contributed by atoms with van der Waals surface area (Å²) in [5.74, 6) is 0.902. The van der Waals surface area contributed by atoms with Gasteiger partial charge in [0, 0.05) is 23.4 Å². The van der Waals surface area contributed by atoms with Crippen molar-refractivity contribution >= 4 is 40.0 Å². The van der Waals surface area contributed by atoms with Gasteiger partial charge >= 0.3 is 0 Å². The molecule has 4 rings (SSSR count). The molecule has 4 aromatic rings. The lowest BCUT2D eigenvalue weighted by Gasteiger charge is -2.07. The van der Waals surface area contributed by atoms with Crippen LogP contribution in [0.3, 0.4) is 0 Å². The van der Waals surface area contributed by atoms with Crippen LogP contribution < -0.4 is 14.8 Å². The lowest BCUT2D eigenvalue weighted by Crippen LogP contribution is -2.12. The van der Waals surface area contributed by atoms with Crippen molar-refractivity contribution in [2.45, 2.75) is 0 Å². The topological polar surface area (TPSA) is 117 Å². The Morgan fingerprint density at radius 1 is 1.06 bits per heavy atom. The number of nitrogens with one attached hydrogen (secondary N) is 1. The van der Waals surface area contributed by atoms with Crippen molar-refractivity contribution in [2.24, 2.45) is 0 Å². The molecule has 1 amide bonds. The van der Waals surface area contributed by atoms with Crippen LogP contribution in [0.2, 0.25) is 5.02 Å². The number of ether oxygens (including phenoxy) is 2. The summed E-state index contributed by atoms with van der Waals surface area (Å²) in [6, 6.07) is 13.9. The molecule has 0 spiro atoms. The Hall–Kier alpha value is -4.11. The van der Waals surface area contributed by atoms with Crippen LogP contribution >= 0.6 is 11.6 Å². The standard InChI is InChI=1S/C22H16ClN3O6/c1-30-19-7-3-12(9-20(19)31-2)22-25-17-10-13(4-8-18(17)32-22)24-21(27)15-11-14(26(28)29)5-6-16(15)23/h3-11H,1-2H3,(H,24,27). The van der Waals surface area contributed by atoms with Gasteiger partial charge in [0.1, 0.15) is 5.52 Å². The van der Waals surface area contributed by atoms with Crippen molar-refractivity contribution < 1.29 is 23.6 Å². The normalized spacial score (nSPS) is 10.7. The molecule has 0 saturated heterocycles. The minimum absolute atomic E-state index is 0.00728. The van der Waals surface area contributed by atoms with Crippen molar-refractivity contribution in [3.8, 4) is 23.0 Å². The number of nitrogens with zero attached hydrogens (tertiary/aromatic N) is 2. The van der Waals surface area contributed by atoms with E-state index >= 15 is 0 Å². The summed E-state index contributed by atoms with van der Waals surface area (Å²) in [6.07, 6.45) is 0. The molecule has 1 heterocycles. The van der Waals surface area contributed by atoms with Crippen molar-refractivity contribution in [3.63, 3.8) is 0 Å². The van der Waals surface area contributed by atoms with Crippen LogP contribution in [0, 0.1) is 10.1 Å².